The number of hydrogen-bond acceptors (Lipinski definition) is 2. The minimum atomic E-state index is -4.62. The van der Waals surface area contributed by atoms with Crippen LogP contribution in [0.25, 0.3) is 0 Å². The molecule has 0 atom stereocenters. The van der Waals surface area contributed by atoms with E-state index >= 15 is 0 Å². The Hall–Kier alpha value is -1.99. The van der Waals surface area contributed by atoms with Crippen molar-refractivity contribution in [3.63, 3.8) is 0 Å². The number of aryl methyl sites for hydroxylation is 3. The second-order valence-corrected chi connectivity index (χ2v) is 11.2. The van der Waals surface area contributed by atoms with Gasteiger partial charge in [-0.2, -0.15) is 0 Å². The van der Waals surface area contributed by atoms with E-state index < -0.39 is 7.06 Å². The molecule has 0 saturated carbocycles. The molecular formula is C24H29O2P. The zero-order chi connectivity index (χ0) is 20.0. The van der Waals surface area contributed by atoms with E-state index in [1.807, 2.05) is 96.1 Å². The van der Waals surface area contributed by atoms with Crippen LogP contribution in [-0.2, 0) is 0 Å². The van der Waals surface area contributed by atoms with E-state index in [9.17, 15) is 9.79 Å². The van der Waals surface area contributed by atoms with Crippen molar-refractivity contribution in [2.24, 2.45) is 0 Å². The average Bonchev–Trinajstić information content (AvgIpc) is 2.61. The first-order valence-electron chi connectivity index (χ1n) is 9.30. The fraction of sp³-hybridized carbons (Fsp3) is 0.250. The summed E-state index contributed by atoms with van der Waals surface area (Å²) in [7, 11) is -4.62. The topological polar surface area (TPSA) is 40.5 Å². The Morgan fingerprint density at radius 1 is 0.481 bits per heavy atom. The van der Waals surface area contributed by atoms with Gasteiger partial charge in [-0.25, -0.2) is 0 Å². The first-order chi connectivity index (χ1) is 12.6. The Labute approximate surface area is 162 Å². The van der Waals surface area contributed by atoms with Gasteiger partial charge in [0.2, 0.25) is 0 Å². The van der Waals surface area contributed by atoms with Crippen molar-refractivity contribution in [1.82, 2.24) is 0 Å². The molecule has 0 aliphatic heterocycles. The van der Waals surface area contributed by atoms with Gasteiger partial charge in [-0.05, 0) is 0 Å². The maximum atomic E-state index is 12.5. The average molecular weight is 380 g/mol. The van der Waals surface area contributed by atoms with Gasteiger partial charge in [0.15, 0.2) is 0 Å². The first kappa shape index (κ1) is 19.8. The maximum absolute atomic E-state index is 12.5. The van der Waals surface area contributed by atoms with Crippen molar-refractivity contribution >= 4 is 23.0 Å². The van der Waals surface area contributed by atoms with Crippen LogP contribution in [0, 0.1) is 41.5 Å². The molecule has 0 aliphatic carbocycles. The summed E-state index contributed by atoms with van der Waals surface area (Å²) in [6.45, 7) is 12.0. The van der Waals surface area contributed by atoms with Gasteiger partial charge in [0.25, 0.3) is 0 Å². The molecule has 0 fully saturated rings. The number of benzene rings is 3. The van der Waals surface area contributed by atoms with Gasteiger partial charge in [0.1, 0.15) is 0 Å². The van der Waals surface area contributed by atoms with E-state index in [2.05, 4.69) is 0 Å². The molecule has 3 aromatic carbocycles. The summed E-state index contributed by atoms with van der Waals surface area (Å²) in [5.74, 6) is 0. The normalized spacial score (nSPS) is 13.3. The molecule has 27 heavy (non-hydrogen) atoms. The van der Waals surface area contributed by atoms with Crippen molar-refractivity contribution in [2.75, 3.05) is 0 Å². The third-order valence-corrected chi connectivity index (χ3v) is 10.3. The van der Waals surface area contributed by atoms with Gasteiger partial charge in [0.05, 0.1) is 0 Å². The zero-order valence-corrected chi connectivity index (χ0v) is 17.9. The molecule has 0 heterocycles. The van der Waals surface area contributed by atoms with Gasteiger partial charge in [-0.15, -0.1) is 0 Å². The number of rotatable bonds is 3. The summed E-state index contributed by atoms with van der Waals surface area (Å²) in [6.07, 6.45) is 0. The molecule has 0 spiro atoms. The summed E-state index contributed by atoms with van der Waals surface area (Å²) in [5.41, 5.74) is 5.96. The molecule has 2 nitrogen and oxygen atoms in total. The molecule has 0 amide bonds. The predicted molar refractivity (Wildman–Crippen MR) is 118 cm³/mol. The molecule has 0 unspecified atom stereocenters. The summed E-state index contributed by atoms with van der Waals surface area (Å²) in [4.78, 5) is 25.0. The Morgan fingerprint density at radius 3 is 1.00 bits per heavy atom. The number of hydrogen-bond donors (Lipinski definition) is 2. The first-order valence-corrected chi connectivity index (χ1v) is 11.4. The van der Waals surface area contributed by atoms with Crippen LogP contribution < -0.4 is 15.9 Å². The van der Waals surface area contributed by atoms with E-state index in [0.717, 1.165) is 33.4 Å². The Bertz CT molecular complexity index is 903. The van der Waals surface area contributed by atoms with Crippen LogP contribution in [0.1, 0.15) is 33.4 Å². The SMILES string of the molecule is Cc1cccc(P(O)(O)(c2cccc(C)c2C)c2cccc(C)c2C)c1C. The van der Waals surface area contributed by atoms with Gasteiger partial charge in [-0.3, -0.25) is 0 Å². The summed E-state index contributed by atoms with van der Waals surface area (Å²) < 4.78 is 0. The van der Waals surface area contributed by atoms with Crippen LogP contribution in [0.3, 0.4) is 0 Å². The zero-order valence-electron chi connectivity index (χ0n) is 17.0. The van der Waals surface area contributed by atoms with Crippen molar-refractivity contribution in [1.29, 1.82) is 0 Å². The minimum absolute atomic E-state index is 0.628. The third kappa shape index (κ3) is 2.84. The van der Waals surface area contributed by atoms with Crippen molar-refractivity contribution in [3.8, 4) is 0 Å². The van der Waals surface area contributed by atoms with E-state index in [0.29, 0.717) is 15.9 Å². The van der Waals surface area contributed by atoms with Crippen molar-refractivity contribution < 1.29 is 9.79 Å². The van der Waals surface area contributed by atoms with Crippen molar-refractivity contribution in [2.45, 2.75) is 41.5 Å². The second kappa shape index (κ2) is 6.56. The van der Waals surface area contributed by atoms with Crippen LogP contribution in [0.5, 0.6) is 0 Å². The monoisotopic (exact) mass is 380 g/mol. The molecule has 0 radical (unpaired) electrons. The van der Waals surface area contributed by atoms with Crippen molar-refractivity contribution in [3.05, 3.63) is 88.0 Å². The summed E-state index contributed by atoms with van der Waals surface area (Å²) >= 11 is 0. The van der Waals surface area contributed by atoms with E-state index in [4.69, 9.17) is 0 Å². The van der Waals surface area contributed by atoms with Gasteiger partial charge in [-0.1, -0.05) is 0 Å². The van der Waals surface area contributed by atoms with E-state index in [1.54, 1.807) is 0 Å². The molecule has 0 saturated heterocycles. The van der Waals surface area contributed by atoms with Crippen LogP contribution >= 0.6 is 7.06 Å². The van der Waals surface area contributed by atoms with Gasteiger partial charge < -0.3 is 0 Å². The van der Waals surface area contributed by atoms with Crippen LogP contribution in [0.4, 0.5) is 0 Å². The Morgan fingerprint density at radius 2 is 0.741 bits per heavy atom. The fourth-order valence-electron chi connectivity index (χ4n) is 3.97. The van der Waals surface area contributed by atoms with Gasteiger partial charge >= 0.3 is 162 Å². The fourth-order valence-corrected chi connectivity index (χ4v) is 8.29. The molecule has 0 aromatic heterocycles. The standard InChI is InChI=1S/C24H29O2P/c1-16-10-7-13-22(19(16)4)27(25,26,23-14-8-11-17(2)20(23)5)24-15-9-12-18(3)21(24)6/h7-15,25-26H,1-6H3. The molecule has 0 bridgehead atoms. The Balaban J connectivity index is 2.57. The third-order valence-electron chi connectivity index (χ3n) is 6.10. The van der Waals surface area contributed by atoms with Crippen LogP contribution in [0.2, 0.25) is 0 Å². The van der Waals surface area contributed by atoms with Gasteiger partial charge in [0, 0.05) is 0 Å². The van der Waals surface area contributed by atoms with Crippen LogP contribution in [-0.4, -0.2) is 9.79 Å². The van der Waals surface area contributed by atoms with E-state index in [1.165, 1.54) is 0 Å². The van der Waals surface area contributed by atoms with E-state index in [-0.39, 0.29) is 0 Å². The molecule has 3 heteroatoms. The van der Waals surface area contributed by atoms with Crippen LogP contribution in [0.15, 0.2) is 54.6 Å². The predicted octanol–water partition coefficient (Wildman–Crippen LogP) is 4.18. The Kier molecular flexibility index (Phi) is 4.80. The molecule has 3 rings (SSSR count). The quantitative estimate of drug-likeness (QED) is 0.669. The molecule has 3 aromatic rings. The summed E-state index contributed by atoms with van der Waals surface area (Å²) in [5, 5.41) is 1.88. The molecular weight excluding hydrogens is 351 g/mol. The summed E-state index contributed by atoms with van der Waals surface area (Å²) in [6, 6.07) is 17.4. The molecule has 2 N–H and O–H groups in total. The molecule has 0 aliphatic rings. The second-order valence-electron chi connectivity index (χ2n) is 7.68. The molecule has 142 valence electrons.